The van der Waals surface area contributed by atoms with Crippen molar-refractivity contribution in [2.45, 2.75) is 31.6 Å². The second kappa shape index (κ2) is 5.95. The Hall–Kier alpha value is -1.66. The molecule has 2 fully saturated rings. The second-order valence-electron chi connectivity index (χ2n) is 6.85. The first-order valence-electron chi connectivity index (χ1n) is 8.56. The zero-order chi connectivity index (χ0) is 17.8. The fourth-order valence-electron chi connectivity index (χ4n) is 4.28. The lowest BCUT2D eigenvalue weighted by Crippen LogP contribution is -2.40. The molecule has 4 rings (SSSR count). The molecule has 0 N–H and O–H groups in total. The number of hydrogen-bond acceptors (Lipinski definition) is 4. The molecule has 2 saturated heterocycles. The molecule has 0 radical (unpaired) electrons. The number of amides is 1. The van der Waals surface area contributed by atoms with E-state index in [0.717, 1.165) is 10.0 Å². The topological polar surface area (TPSA) is 55.8 Å². The van der Waals surface area contributed by atoms with E-state index < -0.39 is 17.4 Å². The predicted octanol–water partition coefficient (Wildman–Crippen LogP) is 2.86. The smallest absolute Gasteiger partial charge is 0.312 e. The number of fused-ring (bicyclic) bond motifs is 1. The third kappa shape index (κ3) is 2.46. The molecular formula is C19H20BrNO4. The highest BCUT2D eigenvalue weighted by atomic mass is 79.9. The largest absolute Gasteiger partial charge is 0.466 e. The predicted molar refractivity (Wildman–Crippen MR) is 94.6 cm³/mol. The van der Waals surface area contributed by atoms with E-state index in [4.69, 9.17) is 9.47 Å². The first-order valence-corrected chi connectivity index (χ1v) is 9.36. The Kier molecular flexibility index (Phi) is 4.00. The van der Waals surface area contributed by atoms with Gasteiger partial charge < -0.3 is 14.4 Å². The number of benzene rings is 1. The van der Waals surface area contributed by atoms with Gasteiger partial charge in [-0.15, -0.1) is 0 Å². The van der Waals surface area contributed by atoms with Gasteiger partial charge >= 0.3 is 5.97 Å². The first kappa shape index (κ1) is 16.8. The summed E-state index contributed by atoms with van der Waals surface area (Å²) in [6.45, 7) is 4.56. The van der Waals surface area contributed by atoms with Gasteiger partial charge in [-0.3, -0.25) is 9.59 Å². The highest BCUT2D eigenvalue weighted by molar-refractivity contribution is 9.10. The molecule has 0 aromatic heterocycles. The lowest BCUT2D eigenvalue weighted by molar-refractivity contribution is -0.153. The number of likely N-dealkylation sites (tertiary alicyclic amines) is 1. The maximum Gasteiger partial charge on any atom is 0.312 e. The third-order valence-electron chi connectivity index (χ3n) is 5.51. The van der Waals surface area contributed by atoms with Crippen LogP contribution in [0.3, 0.4) is 0 Å². The molecule has 0 aliphatic carbocycles. The molecule has 1 aromatic rings. The number of halogens is 1. The van der Waals surface area contributed by atoms with E-state index in [-0.39, 0.29) is 24.0 Å². The van der Waals surface area contributed by atoms with Crippen LogP contribution in [0.2, 0.25) is 0 Å². The minimum atomic E-state index is -0.692. The molecule has 0 saturated carbocycles. The van der Waals surface area contributed by atoms with Crippen LogP contribution in [0.25, 0.3) is 0 Å². The van der Waals surface area contributed by atoms with E-state index in [9.17, 15) is 9.59 Å². The van der Waals surface area contributed by atoms with Gasteiger partial charge in [0.25, 0.3) is 0 Å². The Morgan fingerprint density at radius 3 is 2.84 bits per heavy atom. The van der Waals surface area contributed by atoms with Crippen LogP contribution in [0.4, 0.5) is 0 Å². The van der Waals surface area contributed by atoms with Gasteiger partial charge in [-0.2, -0.15) is 0 Å². The van der Waals surface area contributed by atoms with Crippen LogP contribution in [0.15, 0.2) is 40.9 Å². The lowest BCUT2D eigenvalue weighted by atomic mass is 9.77. The van der Waals surface area contributed by atoms with Crippen molar-refractivity contribution in [1.82, 2.24) is 4.90 Å². The average molecular weight is 406 g/mol. The van der Waals surface area contributed by atoms with Crippen LogP contribution in [0.5, 0.6) is 0 Å². The molecule has 1 spiro atoms. The Labute approximate surface area is 155 Å². The van der Waals surface area contributed by atoms with E-state index in [2.05, 4.69) is 15.9 Å². The Morgan fingerprint density at radius 2 is 2.16 bits per heavy atom. The highest BCUT2D eigenvalue weighted by Crippen LogP contribution is 2.53. The summed E-state index contributed by atoms with van der Waals surface area (Å²) in [5.74, 6) is -1.39. The number of esters is 1. The molecule has 1 amide bonds. The van der Waals surface area contributed by atoms with Crippen molar-refractivity contribution >= 4 is 27.8 Å². The van der Waals surface area contributed by atoms with E-state index >= 15 is 0 Å². The fraction of sp³-hybridized carbons (Fsp3) is 0.474. The van der Waals surface area contributed by atoms with Crippen LogP contribution in [0, 0.1) is 11.8 Å². The summed E-state index contributed by atoms with van der Waals surface area (Å²) in [6, 6.07) is 7.86. The normalized spacial score (nSPS) is 33.6. The Morgan fingerprint density at radius 1 is 1.44 bits per heavy atom. The number of carbonyl (C=O) groups excluding carboxylic acids is 2. The van der Waals surface area contributed by atoms with Crippen molar-refractivity contribution < 1.29 is 19.1 Å². The molecule has 25 heavy (non-hydrogen) atoms. The molecule has 5 atom stereocenters. The summed E-state index contributed by atoms with van der Waals surface area (Å²) in [5.41, 5.74) is 0.363. The van der Waals surface area contributed by atoms with Crippen LogP contribution in [-0.2, 0) is 19.1 Å². The summed E-state index contributed by atoms with van der Waals surface area (Å²) < 4.78 is 12.3. The van der Waals surface area contributed by atoms with Crippen molar-refractivity contribution in [2.24, 2.45) is 11.8 Å². The minimum Gasteiger partial charge on any atom is -0.466 e. The molecule has 3 aliphatic rings. The number of nitrogens with zero attached hydrogens (tertiary/aromatic N) is 1. The van der Waals surface area contributed by atoms with E-state index in [1.807, 2.05) is 48.2 Å². The van der Waals surface area contributed by atoms with Crippen molar-refractivity contribution in [1.29, 1.82) is 0 Å². The zero-order valence-corrected chi connectivity index (χ0v) is 15.7. The number of rotatable bonds is 4. The third-order valence-corrected chi connectivity index (χ3v) is 6.04. The average Bonchev–Trinajstić information content (AvgIpc) is 3.23. The van der Waals surface area contributed by atoms with E-state index in [1.165, 1.54) is 0 Å². The van der Waals surface area contributed by atoms with Gasteiger partial charge in [-0.05, 0) is 31.5 Å². The van der Waals surface area contributed by atoms with Crippen LogP contribution in [-0.4, -0.2) is 41.6 Å². The van der Waals surface area contributed by atoms with Gasteiger partial charge in [-0.25, -0.2) is 0 Å². The van der Waals surface area contributed by atoms with Gasteiger partial charge in [0.2, 0.25) is 5.91 Å². The number of hydrogen-bond donors (Lipinski definition) is 0. The van der Waals surface area contributed by atoms with Crippen molar-refractivity contribution in [3.63, 3.8) is 0 Å². The molecule has 3 aliphatic heterocycles. The lowest BCUT2D eigenvalue weighted by Gasteiger charge is -2.27. The zero-order valence-electron chi connectivity index (χ0n) is 14.1. The molecule has 1 aromatic carbocycles. The second-order valence-corrected chi connectivity index (χ2v) is 7.76. The van der Waals surface area contributed by atoms with Crippen LogP contribution < -0.4 is 0 Å². The maximum atomic E-state index is 13.2. The molecule has 132 valence electrons. The monoisotopic (exact) mass is 405 g/mol. The van der Waals surface area contributed by atoms with Crippen LogP contribution >= 0.6 is 15.9 Å². The summed E-state index contributed by atoms with van der Waals surface area (Å²) in [6.07, 6.45) is 3.52. The molecule has 3 heterocycles. The molecule has 6 heteroatoms. The van der Waals surface area contributed by atoms with E-state index in [0.29, 0.717) is 13.2 Å². The number of carbonyl (C=O) groups is 2. The maximum absolute atomic E-state index is 13.2. The standard InChI is InChI=1S/C19H20BrNO4/c1-3-24-18(23)15-14-8-9-19(25-14)10-21(17(22)16(15)19)11(2)12-4-6-13(20)7-5-12/h4-9,11,14-16H,3,10H2,1-2H3/t11-,14-,15-,16-,19+/m1/s1. The first-order chi connectivity index (χ1) is 12.0. The van der Waals surface area contributed by atoms with Gasteiger partial charge in [-0.1, -0.05) is 40.2 Å². The number of ether oxygens (including phenoxy) is 2. The molecule has 0 unspecified atom stereocenters. The van der Waals surface area contributed by atoms with E-state index in [1.54, 1.807) is 6.92 Å². The van der Waals surface area contributed by atoms with Gasteiger partial charge in [0.1, 0.15) is 11.5 Å². The quantitative estimate of drug-likeness (QED) is 0.570. The Balaban J connectivity index is 1.63. The van der Waals surface area contributed by atoms with Crippen LogP contribution in [0.1, 0.15) is 25.5 Å². The fourth-order valence-corrected chi connectivity index (χ4v) is 4.55. The summed E-state index contributed by atoms with van der Waals surface area (Å²) in [5, 5.41) is 0. The SMILES string of the molecule is CCOC(=O)[C@@H]1[C@H]2C=C[C@@]3(CN([C@H](C)c4ccc(Br)cc4)C(=O)[C@@H]13)O2. The summed E-state index contributed by atoms with van der Waals surface area (Å²) in [4.78, 5) is 27.4. The Bertz CT molecular complexity index is 746. The molecule has 2 bridgehead atoms. The summed E-state index contributed by atoms with van der Waals surface area (Å²) >= 11 is 3.43. The van der Waals surface area contributed by atoms with Crippen molar-refractivity contribution in [3.05, 3.63) is 46.5 Å². The van der Waals surface area contributed by atoms with Gasteiger partial charge in [0.05, 0.1) is 31.2 Å². The summed E-state index contributed by atoms with van der Waals surface area (Å²) in [7, 11) is 0. The molecule has 5 nitrogen and oxygen atoms in total. The van der Waals surface area contributed by atoms with Crippen molar-refractivity contribution in [3.8, 4) is 0 Å². The molecular weight excluding hydrogens is 386 g/mol. The highest BCUT2D eigenvalue weighted by Gasteiger charge is 2.67. The van der Waals surface area contributed by atoms with Gasteiger partial charge in [0, 0.05) is 4.47 Å². The minimum absolute atomic E-state index is 0.0275. The van der Waals surface area contributed by atoms with Crippen molar-refractivity contribution in [2.75, 3.05) is 13.2 Å². The van der Waals surface area contributed by atoms with Gasteiger partial charge in [0.15, 0.2) is 0 Å².